The van der Waals surface area contributed by atoms with Crippen molar-refractivity contribution >= 4 is 23.3 Å². The van der Waals surface area contributed by atoms with Crippen molar-refractivity contribution in [2.75, 3.05) is 7.05 Å². The Kier molecular flexibility index (Phi) is 2.54. The summed E-state index contributed by atoms with van der Waals surface area (Å²) in [4.78, 5) is 0.829. The second-order valence-electron chi connectivity index (χ2n) is 2.35. The third-order valence-corrected chi connectivity index (χ3v) is 1.76. The number of allylic oxidation sites excluding steroid dienone is 4. The minimum absolute atomic E-state index is 0.761. The fourth-order valence-electron chi connectivity index (χ4n) is 0.868. The van der Waals surface area contributed by atoms with Gasteiger partial charge in [0.1, 0.15) is 7.05 Å². The van der Waals surface area contributed by atoms with Crippen molar-refractivity contribution in [3.05, 3.63) is 29.0 Å². The highest BCUT2D eigenvalue weighted by atomic mass is 32.1. The van der Waals surface area contributed by atoms with E-state index in [2.05, 4.69) is 0 Å². The van der Waals surface area contributed by atoms with Crippen LogP contribution in [0.15, 0.2) is 23.8 Å². The standard InChI is InChI=1S/C8H9NOS/c1-9(10)6-7-4-2-3-5-8(7)11/h2-4,6H,5H2,1H3. The van der Waals surface area contributed by atoms with E-state index in [0.29, 0.717) is 0 Å². The molecule has 1 rings (SSSR count). The van der Waals surface area contributed by atoms with Crippen LogP contribution < -0.4 is 0 Å². The zero-order valence-corrected chi connectivity index (χ0v) is 7.10. The molecule has 11 heavy (non-hydrogen) atoms. The molecule has 58 valence electrons. The number of hydrogen-bond acceptors (Lipinski definition) is 2. The van der Waals surface area contributed by atoms with E-state index >= 15 is 0 Å². The molecule has 0 spiro atoms. The summed E-state index contributed by atoms with van der Waals surface area (Å²) in [5.74, 6) is 0. The summed E-state index contributed by atoms with van der Waals surface area (Å²) in [7, 11) is 1.45. The molecule has 0 aromatic rings. The van der Waals surface area contributed by atoms with Crippen molar-refractivity contribution in [2.24, 2.45) is 0 Å². The van der Waals surface area contributed by atoms with Crippen LogP contribution in [0.1, 0.15) is 6.42 Å². The molecule has 0 unspecified atom stereocenters. The van der Waals surface area contributed by atoms with E-state index in [-0.39, 0.29) is 0 Å². The topological polar surface area (TPSA) is 26.1 Å². The molecular weight excluding hydrogens is 158 g/mol. The fraction of sp³-hybridized carbons (Fsp3) is 0.250. The highest BCUT2D eigenvalue weighted by Crippen LogP contribution is 2.07. The van der Waals surface area contributed by atoms with E-state index in [4.69, 9.17) is 12.2 Å². The van der Waals surface area contributed by atoms with Gasteiger partial charge in [-0.2, -0.15) is 0 Å². The predicted octanol–water partition coefficient (Wildman–Crippen LogP) is 1.45. The van der Waals surface area contributed by atoms with Gasteiger partial charge in [-0.1, -0.05) is 24.4 Å². The van der Waals surface area contributed by atoms with E-state index in [1.807, 2.05) is 18.2 Å². The average Bonchev–Trinajstić information content (AvgIpc) is 1.93. The summed E-state index contributed by atoms with van der Waals surface area (Å²) in [5, 5.41) is 10.6. The average molecular weight is 167 g/mol. The maximum atomic E-state index is 10.6. The Morgan fingerprint density at radius 3 is 3.00 bits per heavy atom. The Morgan fingerprint density at radius 1 is 1.73 bits per heavy atom. The van der Waals surface area contributed by atoms with E-state index in [9.17, 15) is 5.21 Å². The summed E-state index contributed by atoms with van der Waals surface area (Å²) >= 11 is 5.03. The Morgan fingerprint density at radius 2 is 2.45 bits per heavy atom. The lowest BCUT2D eigenvalue weighted by Gasteiger charge is -2.04. The highest BCUT2D eigenvalue weighted by Gasteiger charge is 2.05. The van der Waals surface area contributed by atoms with Crippen molar-refractivity contribution in [2.45, 2.75) is 6.42 Å². The van der Waals surface area contributed by atoms with Crippen molar-refractivity contribution < 1.29 is 4.74 Å². The monoisotopic (exact) mass is 167 g/mol. The minimum Gasteiger partial charge on any atom is -0.624 e. The van der Waals surface area contributed by atoms with Crippen molar-refractivity contribution in [1.82, 2.24) is 0 Å². The fourth-order valence-corrected chi connectivity index (χ4v) is 1.09. The number of rotatable bonds is 1. The second-order valence-corrected chi connectivity index (χ2v) is 2.85. The van der Waals surface area contributed by atoms with Crippen LogP contribution in [0.3, 0.4) is 0 Å². The molecule has 0 radical (unpaired) electrons. The van der Waals surface area contributed by atoms with Gasteiger partial charge >= 0.3 is 0 Å². The van der Waals surface area contributed by atoms with Crippen LogP contribution in [0.2, 0.25) is 0 Å². The molecule has 0 fully saturated rings. The lowest BCUT2D eigenvalue weighted by Crippen LogP contribution is -2.08. The summed E-state index contributed by atoms with van der Waals surface area (Å²) in [6.07, 6.45) is 7.99. The number of nitrogens with zero attached hydrogens (tertiary/aromatic N) is 1. The van der Waals surface area contributed by atoms with Gasteiger partial charge in [-0.05, 0) is 6.08 Å². The predicted molar refractivity (Wildman–Crippen MR) is 50.1 cm³/mol. The van der Waals surface area contributed by atoms with Crippen LogP contribution in [-0.4, -0.2) is 22.9 Å². The van der Waals surface area contributed by atoms with Crippen LogP contribution in [-0.2, 0) is 0 Å². The molecular formula is C8H9NOS. The first-order valence-electron chi connectivity index (χ1n) is 3.35. The lowest BCUT2D eigenvalue weighted by atomic mass is 10.1. The van der Waals surface area contributed by atoms with Crippen LogP contribution >= 0.6 is 12.2 Å². The Balaban J connectivity index is 2.85. The molecule has 1 aliphatic carbocycles. The molecule has 0 aromatic heterocycles. The SMILES string of the molecule is C[N+]([O-])=CC1=CC=CCC1=S. The Hall–Kier alpha value is -0.960. The van der Waals surface area contributed by atoms with Gasteiger partial charge in [0.25, 0.3) is 0 Å². The third kappa shape index (κ3) is 2.27. The lowest BCUT2D eigenvalue weighted by molar-refractivity contribution is -0.416. The number of hydrogen-bond donors (Lipinski definition) is 0. The van der Waals surface area contributed by atoms with Crippen LogP contribution in [0, 0.1) is 5.21 Å². The van der Waals surface area contributed by atoms with E-state index < -0.39 is 0 Å². The first-order valence-corrected chi connectivity index (χ1v) is 3.76. The van der Waals surface area contributed by atoms with Gasteiger partial charge in [-0.15, -0.1) is 0 Å². The van der Waals surface area contributed by atoms with Gasteiger partial charge < -0.3 is 5.21 Å². The van der Waals surface area contributed by atoms with E-state index in [0.717, 1.165) is 21.6 Å². The largest absolute Gasteiger partial charge is 0.624 e. The maximum Gasteiger partial charge on any atom is 0.182 e. The van der Waals surface area contributed by atoms with Crippen LogP contribution in [0.25, 0.3) is 0 Å². The second kappa shape index (κ2) is 3.44. The smallest absolute Gasteiger partial charge is 0.182 e. The molecule has 0 atom stereocenters. The van der Waals surface area contributed by atoms with E-state index in [1.54, 1.807) is 0 Å². The van der Waals surface area contributed by atoms with Crippen molar-refractivity contribution in [3.8, 4) is 0 Å². The molecule has 0 amide bonds. The summed E-state index contributed by atoms with van der Waals surface area (Å²) in [5.41, 5.74) is 0.847. The Labute approximate surface area is 71.1 Å². The molecule has 0 heterocycles. The quantitative estimate of drug-likeness (QED) is 0.194. The van der Waals surface area contributed by atoms with Crippen LogP contribution in [0.5, 0.6) is 0 Å². The van der Waals surface area contributed by atoms with Crippen molar-refractivity contribution in [1.29, 1.82) is 0 Å². The molecule has 2 nitrogen and oxygen atoms in total. The Bertz CT molecular complexity index is 259. The first kappa shape index (κ1) is 8.14. The molecule has 3 heteroatoms. The number of hydroxylamine groups is 1. The third-order valence-electron chi connectivity index (χ3n) is 1.36. The van der Waals surface area contributed by atoms with Crippen molar-refractivity contribution in [3.63, 3.8) is 0 Å². The summed E-state index contributed by atoms with van der Waals surface area (Å²) in [6.45, 7) is 0. The number of thiocarbonyl (C=S) groups is 1. The van der Waals surface area contributed by atoms with Gasteiger partial charge in [0.2, 0.25) is 0 Å². The zero-order valence-electron chi connectivity index (χ0n) is 6.28. The van der Waals surface area contributed by atoms with Gasteiger partial charge in [0, 0.05) is 11.3 Å². The molecule has 0 aromatic carbocycles. The normalized spacial score (nSPS) is 18.5. The van der Waals surface area contributed by atoms with Gasteiger partial charge in [0.05, 0.1) is 5.57 Å². The zero-order chi connectivity index (χ0) is 8.27. The van der Waals surface area contributed by atoms with Gasteiger partial charge in [-0.25, -0.2) is 4.74 Å². The van der Waals surface area contributed by atoms with Crippen LogP contribution in [0.4, 0.5) is 0 Å². The highest BCUT2D eigenvalue weighted by molar-refractivity contribution is 7.81. The summed E-state index contributed by atoms with van der Waals surface area (Å²) in [6, 6.07) is 0. The molecule has 0 bridgehead atoms. The van der Waals surface area contributed by atoms with Gasteiger partial charge in [0.15, 0.2) is 6.21 Å². The minimum atomic E-state index is 0.761. The molecule has 0 aliphatic heterocycles. The molecule has 0 saturated carbocycles. The molecule has 0 saturated heterocycles. The first-order chi connectivity index (χ1) is 5.20. The maximum absolute atomic E-state index is 10.6. The van der Waals surface area contributed by atoms with Gasteiger partial charge in [-0.3, -0.25) is 0 Å². The molecule has 1 aliphatic rings. The molecule has 0 N–H and O–H groups in total. The van der Waals surface area contributed by atoms with E-state index in [1.165, 1.54) is 13.3 Å². The summed E-state index contributed by atoms with van der Waals surface area (Å²) < 4.78 is 0.761.